The van der Waals surface area contributed by atoms with E-state index in [9.17, 15) is 17.8 Å². The van der Waals surface area contributed by atoms with Crippen molar-refractivity contribution in [1.29, 1.82) is 0 Å². The van der Waals surface area contributed by atoms with Crippen LogP contribution in [0.1, 0.15) is 24.5 Å². The van der Waals surface area contributed by atoms with Crippen LogP contribution >= 0.6 is 0 Å². The monoisotopic (exact) mass is 394 g/mol. The van der Waals surface area contributed by atoms with Gasteiger partial charge in [-0.3, -0.25) is 9.35 Å². The summed E-state index contributed by atoms with van der Waals surface area (Å²) >= 11 is 0. The van der Waals surface area contributed by atoms with E-state index in [0.29, 0.717) is 40.7 Å². The van der Waals surface area contributed by atoms with Crippen LogP contribution in [0.15, 0.2) is 77.7 Å². The molecule has 0 saturated carbocycles. The van der Waals surface area contributed by atoms with Crippen molar-refractivity contribution in [3.8, 4) is 22.3 Å². The first-order valence-corrected chi connectivity index (χ1v) is 10.3. The first-order valence-electron chi connectivity index (χ1n) is 8.89. The fourth-order valence-electron chi connectivity index (χ4n) is 3.54. The highest BCUT2D eigenvalue weighted by Gasteiger charge is 2.29. The summed E-state index contributed by atoms with van der Waals surface area (Å²) in [7, 11) is -4.52. The van der Waals surface area contributed by atoms with Crippen LogP contribution < -0.4 is 0 Å². The second-order valence-corrected chi connectivity index (χ2v) is 8.03. The molecule has 1 saturated heterocycles. The molecule has 1 N–H and O–H groups in total. The molecule has 3 aromatic rings. The molecule has 1 fully saturated rings. The maximum absolute atomic E-state index is 12.4. The number of carbonyl (C=O) groups is 1. The number of rotatable bonds is 4. The van der Waals surface area contributed by atoms with E-state index in [1.807, 2.05) is 12.1 Å². The second kappa shape index (κ2) is 7.22. The van der Waals surface area contributed by atoms with Gasteiger partial charge < -0.3 is 4.74 Å². The van der Waals surface area contributed by atoms with Gasteiger partial charge in [0, 0.05) is 17.5 Å². The van der Waals surface area contributed by atoms with Crippen LogP contribution in [0.5, 0.6) is 0 Å². The first kappa shape index (κ1) is 18.4. The Morgan fingerprint density at radius 1 is 0.857 bits per heavy atom. The maximum Gasteiger partial charge on any atom is 0.306 e. The molecule has 1 aliphatic heterocycles. The molecule has 142 valence electrons. The number of cyclic esters (lactones) is 1. The molecule has 6 heteroatoms. The number of hydrogen-bond donors (Lipinski definition) is 1. The van der Waals surface area contributed by atoms with Crippen LogP contribution in [0.3, 0.4) is 0 Å². The highest BCUT2D eigenvalue weighted by Crippen LogP contribution is 2.41. The molecule has 4 rings (SSSR count). The molecule has 1 unspecified atom stereocenters. The van der Waals surface area contributed by atoms with Crippen molar-refractivity contribution in [3.63, 3.8) is 0 Å². The predicted octanol–water partition coefficient (Wildman–Crippen LogP) is 4.65. The minimum Gasteiger partial charge on any atom is -0.457 e. The Balaban J connectivity index is 2.04. The van der Waals surface area contributed by atoms with Crippen molar-refractivity contribution in [2.24, 2.45) is 0 Å². The molecule has 0 spiro atoms. The van der Waals surface area contributed by atoms with Gasteiger partial charge in [0.15, 0.2) is 0 Å². The lowest BCUT2D eigenvalue weighted by Gasteiger charge is -2.18. The molecule has 0 bridgehead atoms. The Bertz CT molecular complexity index is 1060. The van der Waals surface area contributed by atoms with Crippen LogP contribution in [-0.2, 0) is 19.6 Å². The summed E-state index contributed by atoms with van der Waals surface area (Å²) in [6.45, 7) is 0. The van der Waals surface area contributed by atoms with E-state index in [2.05, 4.69) is 0 Å². The van der Waals surface area contributed by atoms with Gasteiger partial charge in [0.05, 0.1) is 0 Å². The van der Waals surface area contributed by atoms with Crippen LogP contribution in [0.4, 0.5) is 0 Å². The molecule has 5 nitrogen and oxygen atoms in total. The molecule has 0 radical (unpaired) electrons. The molecule has 3 aromatic carbocycles. The summed E-state index contributed by atoms with van der Waals surface area (Å²) in [6.07, 6.45) is 0.423. The quantitative estimate of drug-likeness (QED) is 0.515. The van der Waals surface area contributed by atoms with Crippen LogP contribution in [-0.4, -0.2) is 18.9 Å². The number of ether oxygens (including phenoxy) is 1. The van der Waals surface area contributed by atoms with Crippen molar-refractivity contribution >= 4 is 16.1 Å². The van der Waals surface area contributed by atoms with Gasteiger partial charge in [0.1, 0.15) is 11.0 Å². The molecule has 28 heavy (non-hydrogen) atoms. The third-order valence-electron chi connectivity index (χ3n) is 4.79. The zero-order chi connectivity index (χ0) is 19.7. The topological polar surface area (TPSA) is 80.7 Å². The fourth-order valence-corrected chi connectivity index (χ4v) is 4.45. The fraction of sp³-hybridized carbons (Fsp3) is 0.136. The lowest BCUT2D eigenvalue weighted by atomic mass is 9.93. The number of carbonyl (C=O) groups excluding carboxylic acids is 1. The standard InChI is InChI=1S/C22H18O5S/c23-21-12-11-20(27-21)17-13-18(15-7-3-1-4-8-15)22(28(24,25)26)19(14-17)16-9-5-2-6-10-16/h1-10,13-14,20H,11-12H2,(H,24,25,26). The SMILES string of the molecule is O=C1CCC(c2cc(-c3ccccc3)c(S(=O)(=O)O)c(-c3ccccc3)c2)O1. The lowest BCUT2D eigenvalue weighted by molar-refractivity contribution is -0.141. The largest absolute Gasteiger partial charge is 0.457 e. The third kappa shape index (κ3) is 3.56. The normalized spacial score (nSPS) is 16.8. The van der Waals surface area contributed by atoms with Crippen molar-refractivity contribution in [2.75, 3.05) is 0 Å². The maximum atomic E-state index is 12.4. The van der Waals surface area contributed by atoms with Crippen molar-refractivity contribution in [2.45, 2.75) is 23.8 Å². The molecule has 0 amide bonds. The van der Waals surface area contributed by atoms with Crippen molar-refractivity contribution in [3.05, 3.63) is 78.4 Å². The van der Waals surface area contributed by atoms with Crippen molar-refractivity contribution in [1.82, 2.24) is 0 Å². The summed E-state index contributed by atoms with van der Waals surface area (Å²) in [5.41, 5.74) is 2.76. The van der Waals surface area contributed by atoms with E-state index in [1.165, 1.54) is 0 Å². The molecule has 0 aromatic heterocycles. The molecule has 0 aliphatic carbocycles. The zero-order valence-corrected chi connectivity index (χ0v) is 15.7. The van der Waals surface area contributed by atoms with Gasteiger partial charge in [-0.1, -0.05) is 60.7 Å². The summed E-state index contributed by atoms with van der Waals surface area (Å²) in [6, 6.07) is 21.4. The van der Waals surface area contributed by atoms with Crippen LogP contribution in [0.2, 0.25) is 0 Å². The Labute approximate surface area is 163 Å². The average Bonchev–Trinajstić information content (AvgIpc) is 3.14. The summed E-state index contributed by atoms with van der Waals surface area (Å²) < 4.78 is 40.2. The van der Waals surface area contributed by atoms with Gasteiger partial charge >= 0.3 is 5.97 Å². The number of benzene rings is 3. The van der Waals surface area contributed by atoms with Gasteiger partial charge in [-0.25, -0.2) is 0 Å². The first-order chi connectivity index (χ1) is 13.4. The zero-order valence-electron chi connectivity index (χ0n) is 14.9. The highest BCUT2D eigenvalue weighted by molar-refractivity contribution is 7.86. The summed E-state index contributed by atoms with van der Waals surface area (Å²) in [4.78, 5) is 11.5. The van der Waals surface area contributed by atoms with Crippen LogP contribution in [0, 0.1) is 0 Å². The van der Waals surface area contributed by atoms with Gasteiger partial charge in [0.25, 0.3) is 10.1 Å². The van der Waals surface area contributed by atoms with E-state index in [-0.39, 0.29) is 10.9 Å². The predicted molar refractivity (Wildman–Crippen MR) is 105 cm³/mol. The average molecular weight is 394 g/mol. The van der Waals surface area contributed by atoms with Crippen molar-refractivity contribution < 1.29 is 22.5 Å². The molecule has 1 atom stereocenters. The van der Waals surface area contributed by atoms with Gasteiger partial charge in [-0.05, 0) is 35.2 Å². The third-order valence-corrected chi connectivity index (χ3v) is 5.75. The van der Waals surface area contributed by atoms with E-state index in [0.717, 1.165) is 0 Å². The minimum atomic E-state index is -4.52. The smallest absolute Gasteiger partial charge is 0.306 e. The molecule has 1 heterocycles. The molecule has 1 aliphatic rings. The van der Waals surface area contributed by atoms with E-state index in [1.54, 1.807) is 60.7 Å². The Hall–Kier alpha value is -2.96. The minimum absolute atomic E-state index is 0.155. The lowest BCUT2D eigenvalue weighted by Crippen LogP contribution is -2.07. The summed E-state index contributed by atoms with van der Waals surface area (Å²) in [5.74, 6) is -0.272. The summed E-state index contributed by atoms with van der Waals surface area (Å²) in [5, 5.41) is 0. The number of hydrogen-bond acceptors (Lipinski definition) is 4. The Kier molecular flexibility index (Phi) is 4.75. The highest BCUT2D eigenvalue weighted by atomic mass is 32.2. The Morgan fingerprint density at radius 2 is 1.36 bits per heavy atom. The molecular formula is C22H18O5S. The van der Waals surface area contributed by atoms with E-state index in [4.69, 9.17) is 4.74 Å². The van der Waals surface area contributed by atoms with Gasteiger partial charge in [-0.15, -0.1) is 0 Å². The van der Waals surface area contributed by atoms with Gasteiger partial charge in [0.2, 0.25) is 0 Å². The molecular weight excluding hydrogens is 376 g/mol. The Morgan fingerprint density at radius 3 is 1.75 bits per heavy atom. The van der Waals surface area contributed by atoms with Gasteiger partial charge in [-0.2, -0.15) is 8.42 Å². The second-order valence-electron chi connectivity index (χ2n) is 6.67. The number of esters is 1. The van der Waals surface area contributed by atoms with E-state index < -0.39 is 16.2 Å². The van der Waals surface area contributed by atoms with E-state index >= 15 is 0 Å². The van der Waals surface area contributed by atoms with Crippen LogP contribution in [0.25, 0.3) is 22.3 Å².